The molecule has 100 valence electrons. The fourth-order valence-corrected chi connectivity index (χ4v) is 3.51. The van der Waals surface area contributed by atoms with Gasteiger partial charge in [0.25, 0.3) is 0 Å². The minimum atomic E-state index is 1.06. The molecule has 3 heteroatoms. The van der Waals surface area contributed by atoms with Crippen molar-refractivity contribution in [1.29, 1.82) is 0 Å². The Balaban J connectivity index is 2.21. The summed E-state index contributed by atoms with van der Waals surface area (Å²) in [6.45, 7) is 2.15. The number of thioether (sulfide) groups is 1. The van der Waals surface area contributed by atoms with Crippen molar-refractivity contribution in [2.24, 2.45) is 0 Å². The maximum atomic E-state index is 4.89. The highest BCUT2D eigenvalue weighted by Crippen LogP contribution is 2.33. The first kappa shape index (κ1) is 13.4. The zero-order valence-corrected chi connectivity index (χ0v) is 13.1. The summed E-state index contributed by atoms with van der Waals surface area (Å²) in [6, 6.07) is 14.7. The highest BCUT2D eigenvalue weighted by atomic mass is 32.2. The number of hydrogen-bond acceptors (Lipinski definition) is 3. The SMILES string of the molecule is CSc1cc(-c2ccsc2)nc(-c2ccccc2)c1C. The van der Waals surface area contributed by atoms with Crippen LogP contribution in [0, 0.1) is 6.92 Å². The molecule has 20 heavy (non-hydrogen) atoms. The summed E-state index contributed by atoms with van der Waals surface area (Å²) in [7, 11) is 0. The molecule has 0 aliphatic rings. The minimum absolute atomic E-state index is 1.06. The van der Waals surface area contributed by atoms with Gasteiger partial charge in [0, 0.05) is 21.4 Å². The Bertz CT molecular complexity index is 703. The van der Waals surface area contributed by atoms with Crippen LogP contribution in [0.4, 0.5) is 0 Å². The monoisotopic (exact) mass is 297 g/mol. The average Bonchev–Trinajstić information content (AvgIpc) is 3.03. The normalized spacial score (nSPS) is 10.7. The number of hydrogen-bond donors (Lipinski definition) is 0. The van der Waals surface area contributed by atoms with Crippen molar-refractivity contribution in [3.05, 3.63) is 58.8 Å². The standard InChI is InChI=1S/C17H15NS2/c1-12-16(19-2)10-15(14-8-9-20-11-14)18-17(12)13-6-4-3-5-7-13/h3-11H,1-2H3. The highest BCUT2D eigenvalue weighted by molar-refractivity contribution is 7.98. The zero-order valence-electron chi connectivity index (χ0n) is 11.5. The van der Waals surface area contributed by atoms with E-state index in [-0.39, 0.29) is 0 Å². The molecular formula is C17H15NS2. The quantitative estimate of drug-likeness (QED) is 0.591. The molecule has 0 amide bonds. The minimum Gasteiger partial charge on any atom is -0.247 e. The van der Waals surface area contributed by atoms with Gasteiger partial charge in [-0.1, -0.05) is 30.3 Å². The molecule has 0 radical (unpaired) electrons. The second-order valence-corrected chi connectivity index (χ2v) is 6.19. The molecule has 0 atom stereocenters. The Morgan fingerprint density at radius 3 is 2.50 bits per heavy atom. The van der Waals surface area contributed by atoms with Gasteiger partial charge >= 0.3 is 0 Å². The van der Waals surface area contributed by atoms with Crippen LogP contribution in [-0.2, 0) is 0 Å². The maximum Gasteiger partial charge on any atom is 0.0749 e. The summed E-state index contributed by atoms with van der Waals surface area (Å²) in [5, 5.41) is 4.24. The molecular weight excluding hydrogens is 282 g/mol. The lowest BCUT2D eigenvalue weighted by Gasteiger charge is -2.12. The van der Waals surface area contributed by atoms with Gasteiger partial charge in [0.2, 0.25) is 0 Å². The molecule has 0 unspecified atom stereocenters. The lowest BCUT2D eigenvalue weighted by Crippen LogP contribution is -1.94. The number of benzene rings is 1. The number of rotatable bonds is 3. The Morgan fingerprint density at radius 2 is 1.85 bits per heavy atom. The van der Waals surface area contributed by atoms with Crippen LogP contribution in [-0.4, -0.2) is 11.2 Å². The second-order valence-electron chi connectivity index (χ2n) is 4.56. The molecule has 0 fully saturated rings. The van der Waals surface area contributed by atoms with Crippen molar-refractivity contribution in [2.75, 3.05) is 6.26 Å². The molecule has 2 aromatic heterocycles. The van der Waals surface area contributed by atoms with Crippen molar-refractivity contribution in [1.82, 2.24) is 4.98 Å². The topological polar surface area (TPSA) is 12.9 Å². The van der Waals surface area contributed by atoms with E-state index < -0.39 is 0 Å². The van der Waals surface area contributed by atoms with Gasteiger partial charge in [-0.3, -0.25) is 0 Å². The molecule has 2 heterocycles. The Kier molecular flexibility index (Phi) is 3.90. The lowest BCUT2D eigenvalue weighted by molar-refractivity contribution is 1.20. The van der Waals surface area contributed by atoms with Crippen molar-refractivity contribution >= 4 is 23.1 Å². The smallest absolute Gasteiger partial charge is 0.0749 e. The third kappa shape index (κ3) is 2.51. The molecule has 0 aliphatic heterocycles. The first-order valence-electron chi connectivity index (χ1n) is 6.43. The largest absolute Gasteiger partial charge is 0.247 e. The molecule has 0 spiro atoms. The summed E-state index contributed by atoms with van der Waals surface area (Å²) in [5.41, 5.74) is 5.77. The van der Waals surface area contributed by atoms with Crippen LogP contribution >= 0.6 is 23.1 Å². The fourth-order valence-electron chi connectivity index (χ4n) is 2.23. The molecule has 3 aromatic rings. The van der Waals surface area contributed by atoms with E-state index in [0.29, 0.717) is 0 Å². The Morgan fingerprint density at radius 1 is 1.05 bits per heavy atom. The summed E-state index contributed by atoms with van der Waals surface area (Å²) in [6.07, 6.45) is 2.12. The predicted octanol–water partition coefficient (Wildman–Crippen LogP) is 5.51. The van der Waals surface area contributed by atoms with E-state index in [1.165, 1.54) is 21.6 Å². The molecule has 1 nitrogen and oxygen atoms in total. The van der Waals surface area contributed by atoms with E-state index in [4.69, 9.17) is 4.98 Å². The molecule has 0 bridgehead atoms. The number of nitrogens with zero attached hydrogens (tertiary/aromatic N) is 1. The molecule has 0 saturated heterocycles. The van der Waals surface area contributed by atoms with Crippen LogP contribution in [0.2, 0.25) is 0 Å². The number of pyridine rings is 1. The van der Waals surface area contributed by atoms with Gasteiger partial charge in [-0.25, -0.2) is 4.98 Å². The van der Waals surface area contributed by atoms with Crippen LogP contribution < -0.4 is 0 Å². The van der Waals surface area contributed by atoms with Crippen molar-refractivity contribution in [3.8, 4) is 22.5 Å². The van der Waals surface area contributed by atoms with Gasteiger partial charge in [0.15, 0.2) is 0 Å². The summed E-state index contributed by atoms with van der Waals surface area (Å²) in [5.74, 6) is 0. The van der Waals surface area contributed by atoms with E-state index in [9.17, 15) is 0 Å². The van der Waals surface area contributed by atoms with Gasteiger partial charge in [0.1, 0.15) is 0 Å². The second kappa shape index (κ2) is 5.81. The third-order valence-electron chi connectivity index (χ3n) is 3.31. The van der Waals surface area contributed by atoms with Gasteiger partial charge in [-0.15, -0.1) is 11.8 Å². The summed E-state index contributed by atoms with van der Waals surface area (Å²) < 4.78 is 0. The van der Waals surface area contributed by atoms with Gasteiger partial charge in [-0.05, 0) is 36.3 Å². The van der Waals surface area contributed by atoms with Crippen LogP contribution in [0.15, 0.2) is 58.1 Å². The van der Waals surface area contributed by atoms with E-state index in [2.05, 4.69) is 60.3 Å². The van der Waals surface area contributed by atoms with Crippen LogP contribution in [0.1, 0.15) is 5.56 Å². The predicted molar refractivity (Wildman–Crippen MR) is 89.5 cm³/mol. The molecule has 0 aliphatic carbocycles. The Labute approximate surface area is 127 Å². The lowest BCUT2D eigenvalue weighted by atomic mass is 10.1. The molecule has 3 rings (SSSR count). The number of aromatic nitrogens is 1. The maximum absolute atomic E-state index is 4.89. The highest BCUT2D eigenvalue weighted by Gasteiger charge is 2.11. The number of thiophene rings is 1. The first-order chi connectivity index (χ1) is 9.79. The van der Waals surface area contributed by atoms with Crippen molar-refractivity contribution in [3.63, 3.8) is 0 Å². The van der Waals surface area contributed by atoms with E-state index in [1.807, 2.05) is 6.07 Å². The van der Waals surface area contributed by atoms with Crippen LogP contribution in [0.25, 0.3) is 22.5 Å². The summed E-state index contributed by atoms with van der Waals surface area (Å²) >= 11 is 3.49. The zero-order chi connectivity index (χ0) is 13.9. The van der Waals surface area contributed by atoms with Gasteiger partial charge < -0.3 is 0 Å². The molecule has 0 saturated carbocycles. The average molecular weight is 297 g/mol. The van der Waals surface area contributed by atoms with Gasteiger partial charge in [0.05, 0.1) is 11.4 Å². The van der Waals surface area contributed by atoms with Crippen LogP contribution in [0.5, 0.6) is 0 Å². The Hall–Kier alpha value is -1.58. The van der Waals surface area contributed by atoms with Crippen molar-refractivity contribution < 1.29 is 0 Å². The molecule has 0 N–H and O–H groups in total. The van der Waals surface area contributed by atoms with Crippen LogP contribution in [0.3, 0.4) is 0 Å². The summed E-state index contributed by atoms with van der Waals surface area (Å²) in [4.78, 5) is 6.18. The van der Waals surface area contributed by atoms with E-state index in [0.717, 1.165) is 11.4 Å². The first-order valence-corrected chi connectivity index (χ1v) is 8.60. The molecule has 1 aromatic carbocycles. The van der Waals surface area contributed by atoms with E-state index in [1.54, 1.807) is 23.1 Å². The fraction of sp³-hybridized carbons (Fsp3) is 0.118. The van der Waals surface area contributed by atoms with Gasteiger partial charge in [-0.2, -0.15) is 11.3 Å². The van der Waals surface area contributed by atoms with Crippen molar-refractivity contribution in [2.45, 2.75) is 11.8 Å². The van der Waals surface area contributed by atoms with E-state index >= 15 is 0 Å². The third-order valence-corrected chi connectivity index (χ3v) is 4.86.